The molecule has 0 aliphatic rings. The van der Waals surface area contributed by atoms with Gasteiger partial charge in [-0.1, -0.05) is 24.3 Å². The van der Waals surface area contributed by atoms with Crippen LogP contribution in [0.15, 0.2) is 42.5 Å². The SMILES string of the molecule is CCOc1ccccc1-c1c[c]c(O)cc1. The highest BCUT2D eigenvalue weighted by molar-refractivity contribution is 5.70. The zero-order valence-electron chi connectivity index (χ0n) is 9.10. The molecule has 1 radical (unpaired) electrons. The van der Waals surface area contributed by atoms with E-state index in [1.807, 2.05) is 37.3 Å². The molecule has 0 bridgehead atoms. The molecule has 2 nitrogen and oxygen atoms in total. The van der Waals surface area contributed by atoms with Crippen molar-refractivity contribution < 1.29 is 9.84 Å². The van der Waals surface area contributed by atoms with Crippen molar-refractivity contribution in [3.05, 3.63) is 48.5 Å². The smallest absolute Gasteiger partial charge is 0.127 e. The predicted octanol–water partition coefficient (Wildman–Crippen LogP) is 3.26. The van der Waals surface area contributed by atoms with Crippen molar-refractivity contribution in [3.63, 3.8) is 0 Å². The maximum Gasteiger partial charge on any atom is 0.127 e. The van der Waals surface area contributed by atoms with E-state index in [1.165, 1.54) is 0 Å². The summed E-state index contributed by atoms with van der Waals surface area (Å²) in [5, 5.41) is 9.19. The van der Waals surface area contributed by atoms with Gasteiger partial charge in [-0.2, -0.15) is 0 Å². The molecule has 0 fully saturated rings. The number of ether oxygens (including phenoxy) is 1. The van der Waals surface area contributed by atoms with Crippen molar-refractivity contribution in [2.24, 2.45) is 0 Å². The van der Waals surface area contributed by atoms with Gasteiger partial charge in [0.25, 0.3) is 0 Å². The third kappa shape index (κ3) is 2.16. The Morgan fingerprint density at radius 3 is 2.69 bits per heavy atom. The summed E-state index contributed by atoms with van der Waals surface area (Å²) in [4.78, 5) is 0. The summed E-state index contributed by atoms with van der Waals surface area (Å²) in [5.74, 6) is 1.00. The van der Waals surface area contributed by atoms with Gasteiger partial charge in [0.15, 0.2) is 0 Å². The third-order valence-corrected chi connectivity index (χ3v) is 2.29. The second-order valence-electron chi connectivity index (χ2n) is 3.39. The van der Waals surface area contributed by atoms with Crippen LogP contribution in [-0.4, -0.2) is 11.7 Å². The van der Waals surface area contributed by atoms with Crippen LogP contribution in [0.3, 0.4) is 0 Å². The summed E-state index contributed by atoms with van der Waals surface area (Å²) < 4.78 is 5.55. The van der Waals surface area contributed by atoms with E-state index in [0.717, 1.165) is 16.9 Å². The van der Waals surface area contributed by atoms with E-state index in [-0.39, 0.29) is 5.75 Å². The molecule has 0 aliphatic heterocycles. The molecule has 0 saturated heterocycles. The monoisotopic (exact) mass is 213 g/mol. The largest absolute Gasteiger partial charge is 0.507 e. The Bertz CT molecular complexity index is 460. The highest BCUT2D eigenvalue weighted by Crippen LogP contribution is 2.30. The van der Waals surface area contributed by atoms with E-state index >= 15 is 0 Å². The average molecular weight is 213 g/mol. The summed E-state index contributed by atoms with van der Waals surface area (Å²) in [6, 6.07) is 15.8. The van der Waals surface area contributed by atoms with Crippen LogP contribution in [-0.2, 0) is 0 Å². The Balaban J connectivity index is 2.42. The van der Waals surface area contributed by atoms with Gasteiger partial charge in [0.2, 0.25) is 0 Å². The summed E-state index contributed by atoms with van der Waals surface area (Å²) in [7, 11) is 0. The van der Waals surface area contributed by atoms with Crippen LogP contribution < -0.4 is 4.74 Å². The lowest BCUT2D eigenvalue weighted by molar-refractivity contribution is 0.341. The first-order chi connectivity index (χ1) is 7.81. The van der Waals surface area contributed by atoms with Crippen molar-refractivity contribution in [1.29, 1.82) is 0 Å². The van der Waals surface area contributed by atoms with Gasteiger partial charge < -0.3 is 9.84 Å². The van der Waals surface area contributed by atoms with Crippen molar-refractivity contribution >= 4 is 0 Å². The fourth-order valence-electron chi connectivity index (χ4n) is 1.57. The number of hydrogen-bond acceptors (Lipinski definition) is 2. The van der Waals surface area contributed by atoms with Crippen LogP contribution in [0.4, 0.5) is 0 Å². The van der Waals surface area contributed by atoms with Gasteiger partial charge in [0.1, 0.15) is 11.5 Å². The molecule has 1 N–H and O–H groups in total. The molecule has 0 saturated carbocycles. The molecule has 0 atom stereocenters. The van der Waals surface area contributed by atoms with E-state index in [2.05, 4.69) is 6.07 Å². The second-order valence-corrected chi connectivity index (χ2v) is 3.39. The lowest BCUT2D eigenvalue weighted by Crippen LogP contribution is -1.93. The number of phenols is 1. The molecule has 0 unspecified atom stereocenters. The fraction of sp³-hybridized carbons (Fsp3) is 0.143. The normalized spacial score (nSPS) is 10.1. The van der Waals surface area contributed by atoms with Crippen molar-refractivity contribution in [1.82, 2.24) is 0 Å². The van der Waals surface area contributed by atoms with Gasteiger partial charge in [-0.3, -0.25) is 0 Å². The quantitative estimate of drug-likeness (QED) is 0.848. The Morgan fingerprint density at radius 1 is 1.19 bits per heavy atom. The van der Waals surface area contributed by atoms with Crippen LogP contribution >= 0.6 is 0 Å². The van der Waals surface area contributed by atoms with Gasteiger partial charge in [-0.25, -0.2) is 0 Å². The Kier molecular flexibility index (Phi) is 3.10. The molecular formula is C14H13O2. The van der Waals surface area contributed by atoms with Crippen molar-refractivity contribution in [2.45, 2.75) is 6.92 Å². The van der Waals surface area contributed by atoms with Crippen LogP contribution in [0.5, 0.6) is 11.5 Å². The minimum absolute atomic E-state index is 0.151. The zero-order chi connectivity index (χ0) is 11.4. The molecule has 0 amide bonds. The molecule has 2 aromatic rings. The summed E-state index contributed by atoms with van der Waals surface area (Å²) in [6.45, 7) is 2.60. The fourth-order valence-corrected chi connectivity index (χ4v) is 1.57. The van der Waals surface area contributed by atoms with E-state index < -0.39 is 0 Å². The molecule has 0 aromatic heterocycles. The number of hydrogen-bond donors (Lipinski definition) is 1. The summed E-state index contributed by atoms with van der Waals surface area (Å²) >= 11 is 0. The van der Waals surface area contributed by atoms with Crippen LogP contribution in [0.1, 0.15) is 6.92 Å². The first kappa shape index (κ1) is 10.6. The average Bonchev–Trinajstić information content (AvgIpc) is 2.32. The maximum absolute atomic E-state index is 9.19. The summed E-state index contributed by atoms with van der Waals surface area (Å²) in [6.07, 6.45) is 0. The van der Waals surface area contributed by atoms with E-state index in [9.17, 15) is 5.11 Å². The standard InChI is InChI=1S/C14H13O2/c1-2-16-14-6-4-3-5-13(14)11-7-9-12(15)10-8-11/h3-9,15H,2H2,1H3. The zero-order valence-corrected chi connectivity index (χ0v) is 9.10. The first-order valence-corrected chi connectivity index (χ1v) is 5.24. The topological polar surface area (TPSA) is 29.5 Å². The van der Waals surface area contributed by atoms with Gasteiger partial charge in [0.05, 0.1) is 6.61 Å². The number of para-hydroxylation sites is 1. The van der Waals surface area contributed by atoms with Crippen LogP contribution in [0.25, 0.3) is 11.1 Å². The Morgan fingerprint density at radius 2 is 2.00 bits per heavy atom. The van der Waals surface area contributed by atoms with Gasteiger partial charge in [0, 0.05) is 11.6 Å². The molecule has 2 rings (SSSR count). The molecule has 81 valence electrons. The molecular weight excluding hydrogens is 200 g/mol. The van der Waals surface area contributed by atoms with Crippen molar-refractivity contribution in [3.8, 4) is 22.6 Å². The molecule has 2 heteroatoms. The predicted molar refractivity (Wildman–Crippen MR) is 63.5 cm³/mol. The highest BCUT2D eigenvalue weighted by Gasteiger charge is 2.04. The highest BCUT2D eigenvalue weighted by atomic mass is 16.5. The molecule has 0 spiro atoms. The van der Waals surface area contributed by atoms with Gasteiger partial charge >= 0.3 is 0 Å². The minimum Gasteiger partial charge on any atom is -0.507 e. The molecule has 2 aromatic carbocycles. The Hall–Kier alpha value is -1.96. The minimum atomic E-state index is 0.151. The number of phenolic OH excluding ortho intramolecular Hbond substituents is 1. The van der Waals surface area contributed by atoms with Crippen LogP contribution in [0.2, 0.25) is 0 Å². The third-order valence-electron chi connectivity index (χ3n) is 2.29. The number of rotatable bonds is 3. The molecule has 16 heavy (non-hydrogen) atoms. The maximum atomic E-state index is 9.19. The second kappa shape index (κ2) is 4.71. The van der Waals surface area contributed by atoms with Gasteiger partial charge in [-0.15, -0.1) is 0 Å². The number of aromatic hydroxyl groups is 1. The van der Waals surface area contributed by atoms with Crippen molar-refractivity contribution in [2.75, 3.05) is 6.61 Å². The summed E-state index contributed by atoms with van der Waals surface area (Å²) in [5.41, 5.74) is 2.00. The molecule has 0 heterocycles. The lowest BCUT2D eigenvalue weighted by atomic mass is 10.0. The Labute approximate surface area is 95.1 Å². The number of benzene rings is 2. The molecule has 0 aliphatic carbocycles. The lowest BCUT2D eigenvalue weighted by Gasteiger charge is -2.09. The van der Waals surface area contributed by atoms with E-state index in [1.54, 1.807) is 12.1 Å². The first-order valence-electron chi connectivity index (χ1n) is 5.24. The van der Waals surface area contributed by atoms with E-state index in [0.29, 0.717) is 6.61 Å². The van der Waals surface area contributed by atoms with E-state index in [4.69, 9.17) is 4.74 Å². The van der Waals surface area contributed by atoms with Crippen LogP contribution in [0, 0.1) is 6.07 Å². The van der Waals surface area contributed by atoms with Gasteiger partial charge in [-0.05, 0) is 30.7 Å².